The molecule has 28 heavy (non-hydrogen) atoms. The van der Waals surface area contributed by atoms with E-state index >= 15 is 0 Å². The van der Waals surface area contributed by atoms with Gasteiger partial charge in [-0.1, -0.05) is 31.5 Å². The van der Waals surface area contributed by atoms with Crippen molar-refractivity contribution in [3.05, 3.63) is 47.3 Å². The summed E-state index contributed by atoms with van der Waals surface area (Å²) in [4.78, 5) is 14.7. The summed E-state index contributed by atoms with van der Waals surface area (Å²) in [6.07, 6.45) is 4.03. The van der Waals surface area contributed by atoms with Crippen LogP contribution in [0, 0.1) is 6.92 Å². The van der Waals surface area contributed by atoms with E-state index in [1.807, 2.05) is 36.9 Å². The smallest absolute Gasteiger partial charge is 0.221 e. The number of carbonyl (C=O) groups is 1. The Balaban J connectivity index is 1.53. The van der Waals surface area contributed by atoms with Crippen molar-refractivity contribution >= 4 is 5.91 Å². The fourth-order valence-corrected chi connectivity index (χ4v) is 3.57. The Morgan fingerprint density at radius 1 is 1.36 bits per heavy atom. The summed E-state index contributed by atoms with van der Waals surface area (Å²) in [7, 11) is 1.91. The summed E-state index contributed by atoms with van der Waals surface area (Å²) in [6, 6.07) is 10.3. The molecule has 6 nitrogen and oxygen atoms in total. The average Bonchev–Trinajstić information content (AvgIpc) is 2.90. The molecule has 1 atom stereocenters. The van der Waals surface area contributed by atoms with E-state index in [0.717, 1.165) is 56.0 Å². The number of unbranched alkanes of at least 4 members (excludes halogenated alkanes) is 1. The molecular formula is C22H32N4O2. The van der Waals surface area contributed by atoms with Gasteiger partial charge in [-0.05, 0) is 31.9 Å². The van der Waals surface area contributed by atoms with Gasteiger partial charge in [-0.3, -0.25) is 14.4 Å². The van der Waals surface area contributed by atoms with Crippen molar-refractivity contribution in [2.75, 3.05) is 13.1 Å². The van der Waals surface area contributed by atoms with E-state index in [4.69, 9.17) is 4.74 Å². The third-order valence-electron chi connectivity index (χ3n) is 5.29. The van der Waals surface area contributed by atoms with Crippen molar-refractivity contribution in [2.45, 2.75) is 58.7 Å². The van der Waals surface area contributed by atoms with E-state index in [1.54, 1.807) is 0 Å². The summed E-state index contributed by atoms with van der Waals surface area (Å²) in [5.41, 5.74) is 3.18. The van der Waals surface area contributed by atoms with Gasteiger partial charge in [-0.25, -0.2) is 0 Å². The lowest BCUT2D eigenvalue weighted by molar-refractivity contribution is -0.121. The topological polar surface area (TPSA) is 59.4 Å². The number of nitrogens with one attached hydrogen (secondary N) is 1. The molecule has 0 radical (unpaired) electrons. The van der Waals surface area contributed by atoms with Crippen molar-refractivity contribution < 1.29 is 9.53 Å². The number of rotatable bonds is 8. The van der Waals surface area contributed by atoms with Gasteiger partial charge in [0.2, 0.25) is 5.91 Å². The minimum absolute atomic E-state index is 0.0619. The molecule has 6 heteroatoms. The highest BCUT2D eigenvalue weighted by molar-refractivity contribution is 5.76. The molecule has 1 aromatic heterocycles. The van der Waals surface area contributed by atoms with Gasteiger partial charge >= 0.3 is 0 Å². The molecule has 1 amide bonds. The van der Waals surface area contributed by atoms with Crippen LogP contribution in [0.5, 0.6) is 5.75 Å². The van der Waals surface area contributed by atoms with Crippen LogP contribution < -0.4 is 10.1 Å². The maximum atomic E-state index is 12.3. The second-order valence-corrected chi connectivity index (χ2v) is 7.65. The van der Waals surface area contributed by atoms with Crippen LogP contribution >= 0.6 is 0 Å². The minimum Gasteiger partial charge on any atom is -0.489 e. The number of para-hydroxylation sites is 1. The van der Waals surface area contributed by atoms with Crippen molar-refractivity contribution in [3.8, 4) is 5.75 Å². The number of aryl methyl sites for hydroxylation is 2. The van der Waals surface area contributed by atoms with Crippen molar-refractivity contribution in [2.24, 2.45) is 7.05 Å². The Morgan fingerprint density at radius 3 is 2.93 bits per heavy atom. The summed E-state index contributed by atoms with van der Waals surface area (Å²) in [5, 5.41) is 7.37. The predicted molar refractivity (Wildman–Crippen MR) is 110 cm³/mol. The summed E-state index contributed by atoms with van der Waals surface area (Å²) in [6.45, 7) is 7.11. The SMILES string of the molecule is CCCC[C@@H]1CN(CCC(=O)NCc2cc(C)n(C)n2)Cc2ccccc2O1. The van der Waals surface area contributed by atoms with Gasteiger partial charge in [0.1, 0.15) is 11.9 Å². The summed E-state index contributed by atoms with van der Waals surface area (Å²) >= 11 is 0. The molecule has 0 saturated heterocycles. The highest BCUT2D eigenvalue weighted by Crippen LogP contribution is 2.26. The molecule has 2 heterocycles. The summed E-state index contributed by atoms with van der Waals surface area (Å²) in [5.74, 6) is 1.05. The molecule has 0 spiro atoms. The van der Waals surface area contributed by atoms with E-state index < -0.39 is 0 Å². The van der Waals surface area contributed by atoms with Crippen molar-refractivity contribution in [1.82, 2.24) is 20.0 Å². The van der Waals surface area contributed by atoms with E-state index in [9.17, 15) is 4.79 Å². The normalized spacial score (nSPS) is 16.9. The van der Waals surface area contributed by atoms with E-state index in [0.29, 0.717) is 13.0 Å². The lowest BCUT2D eigenvalue weighted by atomic mass is 10.1. The van der Waals surface area contributed by atoms with E-state index in [-0.39, 0.29) is 12.0 Å². The zero-order valence-corrected chi connectivity index (χ0v) is 17.3. The van der Waals surface area contributed by atoms with Crippen molar-refractivity contribution in [1.29, 1.82) is 0 Å². The first kappa shape index (κ1) is 20.4. The largest absolute Gasteiger partial charge is 0.489 e. The summed E-state index contributed by atoms with van der Waals surface area (Å²) < 4.78 is 8.09. The Labute approximate surface area is 167 Å². The van der Waals surface area contributed by atoms with Crippen LogP contribution in [0.15, 0.2) is 30.3 Å². The standard InChI is InChI=1S/C22H32N4O2/c1-4-5-9-20-16-26(15-18-8-6-7-10-21(18)28-20)12-11-22(27)23-14-19-13-17(2)25(3)24-19/h6-8,10,13,20H,4-5,9,11-12,14-16H2,1-3H3,(H,23,27)/t20-/m1/s1. The number of aromatic nitrogens is 2. The Morgan fingerprint density at radius 2 is 2.18 bits per heavy atom. The van der Waals surface area contributed by atoms with Gasteiger partial charge in [0.25, 0.3) is 0 Å². The molecule has 0 fully saturated rings. The van der Waals surface area contributed by atoms with Gasteiger partial charge < -0.3 is 10.1 Å². The molecular weight excluding hydrogens is 352 g/mol. The van der Waals surface area contributed by atoms with E-state index in [1.165, 1.54) is 5.56 Å². The first-order valence-electron chi connectivity index (χ1n) is 10.3. The lowest BCUT2D eigenvalue weighted by Gasteiger charge is -2.23. The number of carbonyl (C=O) groups excluding carboxylic acids is 1. The molecule has 152 valence electrons. The highest BCUT2D eigenvalue weighted by Gasteiger charge is 2.22. The molecule has 1 aliphatic heterocycles. The number of ether oxygens (including phenoxy) is 1. The first-order valence-corrected chi connectivity index (χ1v) is 10.3. The maximum absolute atomic E-state index is 12.3. The molecule has 3 rings (SSSR count). The Hall–Kier alpha value is -2.34. The minimum atomic E-state index is 0.0619. The fraction of sp³-hybridized carbons (Fsp3) is 0.545. The van der Waals surface area contributed by atoms with Crippen LogP contribution in [-0.2, 0) is 24.9 Å². The zero-order valence-electron chi connectivity index (χ0n) is 17.3. The number of hydrogen-bond donors (Lipinski definition) is 1. The van der Waals surface area contributed by atoms with Crippen LogP contribution in [0.3, 0.4) is 0 Å². The molecule has 1 N–H and O–H groups in total. The molecule has 1 aromatic carbocycles. The number of fused-ring (bicyclic) bond motifs is 1. The third-order valence-corrected chi connectivity index (χ3v) is 5.29. The van der Waals surface area contributed by atoms with Gasteiger partial charge in [0, 0.05) is 44.4 Å². The van der Waals surface area contributed by atoms with Gasteiger partial charge in [-0.15, -0.1) is 0 Å². The quantitative estimate of drug-likeness (QED) is 0.759. The number of amides is 1. The first-order chi connectivity index (χ1) is 13.5. The van der Waals surface area contributed by atoms with Crippen LogP contribution in [-0.4, -0.2) is 39.8 Å². The Kier molecular flexibility index (Phi) is 7.09. The van der Waals surface area contributed by atoms with E-state index in [2.05, 4.69) is 34.4 Å². The van der Waals surface area contributed by atoms with Crippen LogP contribution in [0.4, 0.5) is 0 Å². The number of benzene rings is 1. The van der Waals surface area contributed by atoms with Gasteiger partial charge in [-0.2, -0.15) is 5.10 Å². The molecule has 0 unspecified atom stereocenters. The van der Waals surface area contributed by atoms with Crippen LogP contribution in [0.2, 0.25) is 0 Å². The molecule has 0 bridgehead atoms. The van der Waals surface area contributed by atoms with Gasteiger partial charge in [0.15, 0.2) is 0 Å². The third kappa shape index (κ3) is 5.58. The Bertz CT molecular complexity index is 767. The van der Waals surface area contributed by atoms with Crippen molar-refractivity contribution in [3.63, 3.8) is 0 Å². The predicted octanol–water partition coefficient (Wildman–Crippen LogP) is 3.19. The average molecular weight is 385 g/mol. The molecule has 0 saturated carbocycles. The fourth-order valence-electron chi connectivity index (χ4n) is 3.57. The van der Waals surface area contributed by atoms with Gasteiger partial charge in [0.05, 0.1) is 12.2 Å². The number of nitrogens with zero attached hydrogens (tertiary/aromatic N) is 3. The molecule has 0 aliphatic carbocycles. The van der Waals surface area contributed by atoms with Crippen LogP contribution in [0.1, 0.15) is 49.6 Å². The lowest BCUT2D eigenvalue weighted by Crippen LogP contribution is -2.35. The van der Waals surface area contributed by atoms with Crippen LogP contribution in [0.25, 0.3) is 0 Å². The molecule has 2 aromatic rings. The second-order valence-electron chi connectivity index (χ2n) is 7.65. The molecule has 1 aliphatic rings. The monoisotopic (exact) mass is 384 g/mol. The number of hydrogen-bond acceptors (Lipinski definition) is 4. The maximum Gasteiger partial charge on any atom is 0.221 e. The zero-order chi connectivity index (χ0) is 19.9. The highest BCUT2D eigenvalue weighted by atomic mass is 16.5. The second kappa shape index (κ2) is 9.73.